The summed E-state index contributed by atoms with van der Waals surface area (Å²) in [4.78, 5) is 22.8. The number of benzene rings is 2. The van der Waals surface area contributed by atoms with Crippen LogP contribution in [0.4, 0.5) is 5.69 Å². The molecule has 0 saturated carbocycles. The summed E-state index contributed by atoms with van der Waals surface area (Å²) in [5.74, 6) is 0.161. The van der Waals surface area contributed by atoms with Crippen LogP contribution in [0.3, 0.4) is 0 Å². The Morgan fingerprint density at radius 1 is 1.31 bits per heavy atom. The van der Waals surface area contributed by atoms with E-state index >= 15 is 0 Å². The van der Waals surface area contributed by atoms with Crippen molar-refractivity contribution in [2.45, 2.75) is 25.9 Å². The number of nitrogens with zero attached hydrogens (tertiary/aromatic N) is 2. The van der Waals surface area contributed by atoms with Crippen molar-refractivity contribution in [3.8, 4) is 5.75 Å². The Bertz CT molecular complexity index is 793. The summed E-state index contributed by atoms with van der Waals surface area (Å²) in [5.41, 5.74) is 2.61. The van der Waals surface area contributed by atoms with Crippen molar-refractivity contribution in [3.05, 3.63) is 68.7 Å². The maximum absolute atomic E-state index is 12.3. The molecule has 8 heteroatoms. The van der Waals surface area contributed by atoms with Gasteiger partial charge >= 0.3 is 0 Å². The number of hydrogen-bond donors (Lipinski definition) is 1. The second-order valence-corrected chi connectivity index (χ2v) is 6.31. The van der Waals surface area contributed by atoms with Gasteiger partial charge in [0, 0.05) is 10.5 Å². The maximum atomic E-state index is 12.3. The van der Waals surface area contributed by atoms with Crippen LogP contribution in [-0.2, 0) is 4.79 Å². The zero-order valence-corrected chi connectivity index (χ0v) is 15.7. The molecule has 0 unspecified atom stereocenters. The van der Waals surface area contributed by atoms with Crippen LogP contribution in [0.1, 0.15) is 25.3 Å². The highest BCUT2D eigenvalue weighted by molar-refractivity contribution is 9.10. The average molecular weight is 420 g/mol. The van der Waals surface area contributed by atoms with Crippen molar-refractivity contribution >= 4 is 33.7 Å². The summed E-state index contributed by atoms with van der Waals surface area (Å²) in [5, 5.41) is 14.8. The van der Waals surface area contributed by atoms with Crippen LogP contribution in [0.5, 0.6) is 5.75 Å². The molecule has 2 rings (SSSR count). The number of carbonyl (C=O) groups excluding carboxylic acids is 1. The standard InChI is InChI=1S/C18H18BrN3O4/c1-2-5-17(26-15-10-8-14(19)9-11-15)18(23)21-20-12-13-6-3-4-7-16(13)22(24)25/h3-4,6-12,17H,2,5H2,1H3,(H,21,23)/t17-/m0/s1. The summed E-state index contributed by atoms with van der Waals surface area (Å²) in [6.07, 6.45) is 1.81. The fourth-order valence-electron chi connectivity index (χ4n) is 2.18. The van der Waals surface area contributed by atoms with Crippen molar-refractivity contribution in [2.75, 3.05) is 0 Å². The number of para-hydroxylation sites is 1. The van der Waals surface area contributed by atoms with Crippen LogP contribution in [0.2, 0.25) is 0 Å². The van der Waals surface area contributed by atoms with Crippen molar-refractivity contribution < 1.29 is 14.5 Å². The minimum absolute atomic E-state index is 0.0817. The summed E-state index contributed by atoms with van der Waals surface area (Å²) in [6.45, 7) is 1.95. The van der Waals surface area contributed by atoms with E-state index < -0.39 is 16.9 Å². The Morgan fingerprint density at radius 3 is 2.65 bits per heavy atom. The van der Waals surface area contributed by atoms with E-state index in [1.165, 1.54) is 12.3 Å². The first-order chi connectivity index (χ1) is 12.5. The fourth-order valence-corrected chi connectivity index (χ4v) is 2.45. The van der Waals surface area contributed by atoms with Gasteiger partial charge < -0.3 is 4.74 Å². The van der Waals surface area contributed by atoms with E-state index in [2.05, 4.69) is 26.5 Å². The second kappa shape index (κ2) is 9.67. The van der Waals surface area contributed by atoms with Gasteiger partial charge in [0.2, 0.25) is 0 Å². The number of hydrogen-bond acceptors (Lipinski definition) is 5. The Kier molecular flexibility index (Phi) is 7.28. The van der Waals surface area contributed by atoms with Gasteiger partial charge in [-0.15, -0.1) is 0 Å². The molecule has 0 bridgehead atoms. The van der Waals surface area contributed by atoms with E-state index in [4.69, 9.17) is 4.74 Å². The van der Waals surface area contributed by atoms with Gasteiger partial charge in [0.1, 0.15) is 5.75 Å². The Hall–Kier alpha value is -2.74. The zero-order valence-electron chi connectivity index (χ0n) is 14.1. The van der Waals surface area contributed by atoms with Crippen LogP contribution in [-0.4, -0.2) is 23.1 Å². The third-order valence-corrected chi connectivity index (χ3v) is 3.98. The number of nitro benzene ring substituents is 1. The molecule has 1 N–H and O–H groups in total. The zero-order chi connectivity index (χ0) is 18.9. The minimum atomic E-state index is -0.705. The van der Waals surface area contributed by atoms with Gasteiger partial charge in [0.15, 0.2) is 6.10 Å². The van der Waals surface area contributed by atoms with E-state index in [0.717, 1.165) is 10.9 Å². The number of hydrazone groups is 1. The number of nitrogens with one attached hydrogen (secondary N) is 1. The normalized spacial score (nSPS) is 11.9. The molecule has 2 aromatic rings. The first kappa shape index (κ1) is 19.6. The smallest absolute Gasteiger partial charge is 0.281 e. The fraction of sp³-hybridized carbons (Fsp3) is 0.222. The lowest BCUT2D eigenvalue weighted by atomic mass is 10.2. The molecular weight excluding hydrogens is 402 g/mol. The van der Waals surface area contributed by atoms with E-state index in [1.807, 2.05) is 19.1 Å². The van der Waals surface area contributed by atoms with E-state index in [-0.39, 0.29) is 5.69 Å². The second-order valence-electron chi connectivity index (χ2n) is 5.40. The maximum Gasteiger partial charge on any atom is 0.281 e. The molecule has 0 aliphatic heterocycles. The molecule has 0 fully saturated rings. The predicted octanol–water partition coefficient (Wildman–Crippen LogP) is 4.06. The lowest BCUT2D eigenvalue weighted by Gasteiger charge is -2.16. The molecule has 0 aliphatic rings. The number of ether oxygens (including phenoxy) is 1. The molecule has 0 radical (unpaired) electrons. The van der Waals surface area contributed by atoms with Crippen LogP contribution >= 0.6 is 15.9 Å². The lowest BCUT2D eigenvalue weighted by molar-refractivity contribution is -0.385. The molecule has 2 aromatic carbocycles. The number of rotatable bonds is 8. The predicted molar refractivity (Wildman–Crippen MR) is 102 cm³/mol. The molecule has 0 saturated heterocycles. The molecule has 7 nitrogen and oxygen atoms in total. The highest BCUT2D eigenvalue weighted by atomic mass is 79.9. The molecule has 0 aliphatic carbocycles. The van der Waals surface area contributed by atoms with Crippen molar-refractivity contribution in [1.82, 2.24) is 5.43 Å². The summed E-state index contributed by atoms with van der Waals surface area (Å²) in [7, 11) is 0. The van der Waals surface area contributed by atoms with Gasteiger partial charge in [-0.3, -0.25) is 14.9 Å². The Labute approximate surface area is 159 Å². The van der Waals surface area contributed by atoms with Gasteiger partial charge in [-0.05, 0) is 36.8 Å². The minimum Gasteiger partial charge on any atom is -0.481 e. The largest absolute Gasteiger partial charge is 0.481 e. The topological polar surface area (TPSA) is 93.8 Å². The van der Waals surface area contributed by atoms with Crippen LogP contribution in [0.25, 0.3) is 0 Å². The quantitative estimate of drug-likeness (QED) is 0.396. The van der Waals surface area contributed by atoms with E-state index in [9.17, 15) is 14.9 Å². The van der Waals surface area contributed by atoms with Crippen molar-refractivity contribution in [3.63, 3.8) is 0 Å². The summed E-state index contributed by atoms with van der Waals surface area (Å²) >= 11 is 3.34. The molecular formula is C18H18BrN3O4. The number of halogens is 1. The molecule has 0 aromatic heterocycles. The van der Waals surface area contributed by atoms with Gasteiger partial charge in [0.05, 0.1) is 16.7 Å². The molecule has 1 amide bonds. The highest BCUT2D eigenvalue weighted by Gasteiger charge is 2.19. The molecule has 0 heterocycles. The first-order valence-corrected chi connectivity index (χ1v) is 8.79. The van der Waals surface area contributed by atoms with Crippen molar-refractivity contribution in [2.24, 2.45) is 5.10 Å². The monoisotopic (exact) mass is 419 g/mol. The van der Waals surface area contributed by atoms with Crippen molar-refractivity contribution in [1.29, 1.82) is 0 Å². The lowest BCUT2D eigenvalue weighted by Crippen LogP contribution is -2.35. The Morgan fingerprint density at radius 2 is 2.00 bits per heavy atom. The molecule has 0 spiro atoms. The third kappa shape index (κ3) is 5.66. The molecule has 136 valence electrons. The summed E-state index contributed by atoms with van der Waals surface area (Å²) < 4.78 is 6.63. The molecule has 1 atom stereocenters. The average Bonchev–Trinajstić information content (AvgIpc) is 2.63. The van der Waals surface area contributed by atoms with Gasteiger partial charge in [-0.25, -0.2) is 5.43 Å². The summed E-state index contributed by atoms with van der Waals surface area (Å²) in [6, 6.07) is 13.3. The van der Waals surface area contributed by atoms with Gasteiger partial charge in [-0.1, -0.05) is 41.4 Å². The number of carbonyl (C=O) groups is 1. The van der Waals surface area contributed by atoms with Crippen LogP contribution in [0, 0.1) is 10.1 Å². The van der Waals surface area contributed by atoms with Crippen LogP contribution < -0.4 is 10.2 Å². The number of amides is 1. The van der Waals surface area contributed by atoms with Gasteiger partial charge in [-0.2, -0.15) is 5.10 Å². The van der Waals surface area contributed by atoms with E-state index in [1.54, 1.807) is 30.3 Å². The first-order valence-electron chi connectivity index (χ1n) is 7.99. The SMILES string of the molecule is CCC[C@H](Oc1ccc(Br)cc1)C(=O)NN=Cc1ccccc1[N+](=O)[O-]. The molecule has 26 heavy (non-hydrogen) atoms. The number of nitro groups is 1. The Balaban J connectivity index is 2.03. The highest BCUT2D eigenvalue weighted by Crippen LogP contribution is 2.19. The van der Waals surface area contributed by atoms with E-state index in [0.29, 0.717) is 17.7 Å². The van der Waals surface area contributed by atoms with Crippen LogP contribution in [0.15, 0.2) is 58.1 Å². The third-order valence-electron chi connectivity index (χ3n) is 3.45. The van der Waals surface area contributed by atoms with Gasteiger partial charge in [0.25, 0.3) is 11.6 Å².